The summed E-state index contributed by atoms with van der Waals surface area (Å²) in [6.45, 7) is 2.62. The van der Waals surface area contributed by atoms with E-state index < -0.39 is 0 Å². The molecule has 2 rings (SSSR count). The highest BCUT2D eigenvalue weighted by molar-refractivity contribution is 5.47. The van der Waals surface area contributed by atoms with Crippen LogP contribution in [0.3, 0.4) is 0 Å². The highest BCUT2D eigenvalue weighted by Crippen LogP contribution is 2.24. The average molecular weight is 222 g/mol. The number of anilines is 1. The normalized spacial score (nSPS) is 13.8. The third kappa shape index (κ3) is 2.68. The molecule has 1 aromatic rings. The number of hydrogen-bond acceptors (Lipinski definition) is 5. The second-order valence-electron chi connectivity index (χ2n) is 3.83. The van der Waals surface area contributed by atoms with Gasteiger partial charge in [-0.25, -0.2) is 9.97 Å². The zero-order valence-electron chi connectivity index (χ0n) is 9.41. The summed E-state index contributed by atoms with van der Waals surface area (Å²) in [7, 11) is 0. The fourth-order valence-corrected chi connectivity index (χ4v) is 1.94. The zero-order chi connectivity index (χ0) is 11.2. The molecule has 0 aromatic carbocycles. The van der Waals surface area contributed by atoms with Gasteiger partial charge in [-0.3, -0.25) is 0 Å². The lowest BCUT2D eigenvalue weighted by Gasteiger charge is -2.09. The lowest BCUT2D eigenvalue weighted by atomic mass is 10.2. The van der Waals surface area contributed by atoms with Crippen molar-refractivity contribution < 1.29 is 4.74 Å². The minimum atomic E-state index is 0.572. The molecule has 3 N–H and O–H groups in total. The van der Waals surface area contributed by atoms with E-state index in [1.165, 1.54) is 17.7 Å². The van der Waals surface area contributed by atoms with Crippen molar-refractivity contribution in [1.82, 2.24) is 9.97 Å². The lowest BCUT2D eigenvalue weighted by molar-refractivity contribution is 0.151. The van der Waals surface area contributed by atoms with Gasteiger partial charge in [0.15, 0.2) is 0 Å². The molecule has 16 heavy (non-hydrogen) atoms. The first-order valence-electron chi connectivity index (χ1n) is 5.76. The standard InChI is InChI=1S/C11H18N4O/c12-4-6-16-7-5-13-11-9-2-1-3-10(9)14-8-15-11/h8H,1-7,12H2,(H,13,14,15). The van der Waals surface area contributed by atoms with Gasteiger partial charge in [0.25, 0.3) is 0 Å². The van der Waals surface area contributed by atoms with Gasteiger partial charge in [-0.05, 0) is 19.3 Å². The number of aromatic nitrogens is 2. The summed E-state index contributed by atoms with van der Waals surface area (Å²) in [5.41, 5.74) is 7.80. The smallest absolute Gasteiger partial charge is 0.132 e. The summed E-state index contributed by atoms with van der Waals surface area (Å²) in [6.07, 6.45) is 4.98. The Hall–Kier alpha value is -1.20. The van der Waals surface area contributed by atoms with Crippen molar-refractivity contribution in [3.8, 4) is 0 Å². The second kappa shape index (κ2) is 5.77. The summed E-state index contributed by atoms with van der Waals surface area (Å²) >= 11 is 0. The Morgan fingerprint density at radius 1 is 1.31 bits per heavy atom. The van der Waals surface area contributed by atoms with Gasteiger partial charge in [-0.2, -0.15) is 0 Å². The molecule has 88 valence electrons. The number of hydrogen-bond donors (Lipinski definition) is 2. The predicted molar refractivity (Wildman–Crippen MR) is 62.4 cm³/mol. The highest BCUT2D eigenvalue weighted by Gasteiger charge is 2.16. The third-order valence-corrected chi connectivity index (χ3v) is 2.68. The van der Waals surface area contributed by atoms with Gasteiger partial charge in [0.2, 0.25) is 0 Å². The van der Waals surface area contributed by atoms with Gasteiger partial charge in [0.1, 0.15) is 12.1 Å². The first-order chi connectivity index (χ1) is 7.92. The van der Waals surface area contributed by atoms with Crippen LogP contribution in [0.25, 0.3) is 0 Å². The Balaban J connectivity index is 1.83. The van der Waals surface area contributed by atoms with Crippen LogP contribution in [0.5, 0.6) is 0 Å². The maximum atomic E-state index is 5.33. The molecular weight excluding hydrogens is 204 g/mol. The molecule has 1 aliphatic rings. The lowest BCUT2D eigenvalue weighted by Crippen LogP contribution is -2.15. The van der Waals surface area contributed by atoms with Gasteiger partial charge < -0.3 is 15.8 Å². The third-order valence-electron chi connectivity index (χ3n) is 2.68. The second-order valence-corrected chi connectivity index (χ2v) is 3.83. The van der Waals surface area contributed by atoms with Crippen LogP contribution < -0.4 is 11.1 Å². The van der Waals surface area contributed by atoms with Gasteiger partial charge in [0.05, 0.1) is 13.2 Å². The van der Waals surface area contributed by atoms with Crippen LogP contribution in [0.1, 0.15) is 17.7 Å². The van der Waals surface area contributed by atoms with E-state index in [2.05, 4.69) is 15.3 Å². The molecule has 0 unspecified atom stereocenters. The molecule has 0 amide bonds. The SMILES string of the molecule is NCCOCCNc1ncnc2c1CCC2. The summed E-state index contributed by atoms with van der Waals surface area (Å²) in [5, 5.41) is 3.29. The topological polar surface area (TPSA) is 73.1 Å². The molecule has 1 aromatic heterocycles. The van der Waals surface area contributed by atoms with E-state index in [0.29, 0.717) is 19.8 Å². The summed E-state index contributed by atoms with van der Waals surface area (Å²) in [6, 6.07) is 0. The fourth-order valence-electron chi connectivity index (χ4n) is 1.94. The number of ether oxygens (including phenoxy) is 1. The Morgan fingerprint density at radius 3 is 3.12 bits per heavy atom. The number of aryl methyl sites for hydroxylation is 1. The van der Waals surface area contributed by atoms with Gasteiger partial charge in [-0.1, -0.05) is 0 Å². The average Bonchev–Trinajstić information content (AvgIpc) is 2.77. The van der Waals surface area contributed by atoms with Gasteiger partial charge >= 0.3 is 0 Å². The Bertz CT molecular complexity index is 343. The fraction of sp³-hybridized carbons (Fsp3) is 0.636. The molecule has 1 heterocycles. The first-order valence-corrected chi connectivity index (χ1v) is 5.76. The van der Waals surface area contributed by atoms with Crippen LogP contribution in [0.2, 0.25) is 0 Å². The van der Waals surface area contributed by atoms with E-state index >= 15 is 0 Å². The number of fused-ring (bicyclic) bond motifs is 1. The maximum Gasteiger partial charge on any atom is 0.132 e. The number of rotatable bonds is 6. The minimum Gasteiger partial charge on any atom is -0.378 e. The molecule has 0 fully saturated rings. The highest BCUT2D eigenvalue weighted by atomic mass is 16.5. The molecule has 0 atom stereocenters. The van der Waals surface area contributed by atoms with E-state index in [1.807, 2.05) is 0 Å². The minimum absolute atomic E-state index is 0.572. The largest absolute Gasteiger partial charge is 0.378 e. The molecule has 1 aliphatic carbocycles. The molecule has 5 nitrogen and oxygen atoms in total. The summed E-state index contributed by atoms with van der Waals surface area (Å²) in [4.78, 5) is 8.54. The molecule has 0 spiro atoms. The van der Waals surface area contributed by atoms with Crippen LogP contribution in [-0.2, 0) is 17.6 Å². The van der Waals surface area contributed by atoms with Crippen LogP contribution in [0, 0.1) is 0 Å². The van der Waals surface area contributed by atoms with Crippen LogP contribution in [-0.4, -0.2) is 36.3 Å². The molecular formula is C11H18N4O. The van der Waals surface area contributed by atoms with Crippen molar-refractivity contribution in [3.63, 3.8) is 0 Å². The van der Waals surface area contributed by atoms with E-state index in [0.717, 1.165) is 25.2 Å². The quantitative estimate of drug-likeness (QED) is 0.680. The molecule has 0 aliphatic heterocycles. The summed E-state index contributed by atoms with van der Waals surface area (Å²) < 4.78 is 5.29. The molecule has 5 heteroatoms. The summed E-state index contributed by atoms with van der Waals surface area (Å²) in [5.74, 6) is 0.971. The predicted octanol–water partition coefficient (Wildman–Crippen LogP) is 0.352. The number of nitrogens with zero attached hydrogens (tertiary/aromatic N) is 2. The monoisotopic (exact) mass is 222 g/mol. The number of nitrogens with two attached hydrogens (primary N) is 1. The maximum absolute atomic E-state index is 5.33. The Morgan fingerprint density at radius 2 is 2.25 bits per heavy atom. The van der Waals surface area contributed by atoms with Crippen molar-refractivity contribution in [2.24, 2.45) is 5.73 Å². The van der Waals surface area contributed by atoms with Crippen LogP contribution >= 0.6 is 0 Å². The van der Waals surface area contributed by atoms with E-state index in [4.69, 9.17) is 10.5 Å². The molecule has 0 saturated carbocycles. The van der Waals surface area contributed by atoms with Gasteiger partial charge in [-0.15, -0.1) is 0 Å². The molecule has 0 bridgehead atoms. The van der Waals surface area contributed by atoms with Crippen LogP contribution in [0.15, 0.2) is 6.33 Å². The van der Waals surface area contributed by atoms with Crippen LogP contribution in [0.4, 0.5) is 5.82 Å². The van der Waals surface area contributed by atoms with Crippen molar-refractivity contribution in [3.05, 3.63) is 17.6 Å². The van der Waals surface area contributed by atoms with Crippen molar-refractivity contribution in [2.75, 3.05) is 31.6 Å². The zero-order valence-corrected chi connectivity index (χ0v) is 9.41. The number of nitrogens with one attached hydrogen (secondary N) is 1. The Labute approximate surface area is 95.4 Å². The van der Waals surface area contributed by atoms with E-state index in [-0.39, 0.29) is 0 Å². The molecule has 0 saturated heterocycles. The van der Waals surface area contributed by atoms with E-state index in [9.17, 15) is 0 Å². The Kier molecular flexibility index (Phi) is 4.07. The van der Waals surface area contributed by atoms with Crippen molar-refractivity contribution in [1.29, 1.82) is 0 Å². The van der Waals surface area contributed by atoms with Gasteiger partial charge in [0, 0.05) is 24.3 Å². The van der Waals surface area contributed by atoms with Crippen molar-refractivity contribution >= 4 is 5.82 Å². The van der Waals surface area contributed by atoms with E-state index in [1.54, 1.807) is 6.33 Å². The first kappa shape index (κ1) is 11.3. The van der Waals surface area contributed by atoms with Crippen molar-refractivity contribution in [2.45, 2.75) is 19.3 Å². The molecule has 0 radical (unpaired) electrons.